The molecule has 19 heavy (non-hydrogen) atoms. The number of rotatable bonds is 9. The molecule has 0 radical (unpaired) electrons. The van der Waals surface area contributed by atoms with Crippen LogP contribution in [0.15, 0.2) is 24.3 Å². The van der Waals surface area contributed by atoms with Crippen molar-refractivity contribution in [2.75, 3.05) is 6.54 Å². The molecule has 108 valence electrons. The largest absolute Gasteiger partial charge is 0.369 e. The van der Waals surface area contributed by atoms with Crippen molar-refractivity contribution < 1.29 is 9.13 Å². The Bertz CT molecular complexity index is 356. The van der Waals surface area contributed by atoms with Crippen LogP contribution in [0.1, 0.15) is 57.6 Å². The summed E-state index contributed by atoms with van der Waals surface area (Å²) in [6.07, 6.45) is 5.92. The fourth-order valence-corrected chi connectivity index (χ4v) is 2.18. The molecular formula is C16H26FNO. The van der Waals surface area contributed by atoms with Crippen LogP contribution in [0.5, 0.6) is 0 Å². The summed E-state index contributed by atoms with van der Waals surface area (Å²) in [6, 6.07) is 6.50. The van der Waals surface area contributed by atoms with E-state index in [1.54, 1.807) is 6.07 Å². The van der Waals surface area contributed by atoms with Crippen LogP contribution in [0.25, 0.3) is 0 Å². The third-order valence-corrected chi connectivity index (χ3v) is 3.30. The number of benzene rings is 1. The van der Waals surface area contributed by atoms with Gasteiger partial charge in [0.25, 0.3) is 0 Å². The lowest BCUT2D eigenvalue weighted by atomic mass is 10.1. The van der Waals surface area contributed by atoms with Crippen molar-refractivity contribution in [3.05, 3.63) is 35.6 Å². The van der Waals surface area contributed by atoms with Crippen molar-refractivity contribution in [2.24, 2.45) is 5.73 Å². The zero-order chi connectivity index (χ0) is 14.1. The molecule has 0 fully saturated rings. The Labute approximate surface area is 116 Å². The monoisotopic (exact) mass is 267 g/mol. The van der Waals surface area contributed by atoms with Gasteiger partial charge in [0.05, 0.1) is 12.2 Å². The number of nitrogens with two attached hydrogens (primary N) is 1. The average Bonchev–Trinajstić information content (AvgIpc) is 2.41. The van der Waals surface area contributed by atoms with E-state index in [2.05, 4.69) is 13.8 Å². The zero-order valence-corrected chi connectivity index (χ0v) is 12.1. The molecule has 0 spiro atoms. The molecule has 0 aromatic heterocycles. The van der Waals surface area contributed by atoms with E-state index in [9.17, 15) is 4.39 Å². The van der Waals surface area contributed by atoms with E-state index in [1.807, 2.05) is 6.07 Å². The Morgan fingerprint density at radius 1 is 1.26 bits per heavy atom. The van der Waals surface area contributed by atoms with Crippen LogP contribution in [0.3, 0.4) is 0 Å². The molecule has 0 saturated heterocycles. The Balaban J connectivity index is 2.43. The van der Waals surface area contributed by atoms with Gasteiger partial charge >= 0.3 is 0 Å². The Kier molecular flexibility index (Phi) is 7.68. The van der Waals surface area contributed by atoms with Gasteiger partial charge < -0.3 is 10.5 Å². The summed E-state index contributed by atoms with van der Waals surface area (Å²) in [7, 11) is 0. The molecule has 0 aliphatic rings. The van der Waals surface area contributed by atoms with Gasteiger partial charge in [0, 0.05) is 6.54 Å². The first-order valence-corrected chi connectivity index (χ1v) is 7.28. The van der Waals surface area contributed by atoms with Crippen LogP contribution < -0.4 is 5.73 Å². The lowest BCUT2D eigenvalue weighted by molar-refractivity contribution is -0.00387. The molecule has 0 aliphatic carbocycles. The lowest BCUT2D eigenvalue weighted by Gasteiger charge is -2.21. The number of unbranched alkanes of at least 4 members (excludes halogenated alkanes) is 3. The van der Waals surface area contributed by atoms with E-state index in [0.29, 0.717) is 6.54 Å². The SMILES string of the molecule is CCCCCCC(C)OC(CN)c1cccc(F)c1. The van der Waals surface area contributed by atoms with Gasteiger partial charge in [-0.25, -0.2) is 4.39 Å². The minimum absolute atomic E-state index is 0.161. The van der Waals surface area contributed by atoms with Gasteiger partial charge in [0.1, 0.15) is 5.82 Å². The molecule has 1 aromatic rings. The maximum absolute atomic E-state index is 13.2. The van der Waals surface area contributed by atoms with Crippen LogP contribution >= 0.6 is 0 Å². The van der Waals surface area contributed by atoms with Gasteiger partial charge in [-0.2, -0.15) is 0 Å². The van der Waals surface area contributed by atoms with Crippen LogP contribution in [-0.2, 0) is 4.74 Å². The fourth-order valence-electron chi connectivity index (χ4n) is 2.18. The van der Waals surface area contributed by atoms with E-state index in [0.717, 1.165) is 12.0 Å². The summed E-state index contributed by atoms with van der Waals surface area (Å²) < 4.78 is 19.1. The predicted molar refractivity (Wildman–Crippen MR) is 77.5 cm³/mol. The van der Waals surface area contributed by atoms with Crippen LogP contribution in [0.2, 0.25) is 0 Å². The second kappa shape index (κ2) is 9.05. The van der Waals surface area contributed by atoms with Gasteiger partial charge in [-0.05, 0) is 31.0 Å². The zero-order valence-electron chi connectivity index (χ0n) is 12.1. The van der Waals surface area contributed by atoms with Crippen molar-refractivity contribution in [3.63, 3.8) is 0 Å². The summed E-state index contributed by atoms with van der Waals surface area (Å²) in [4.78, 5) is 0. The first-order chi connectivity index (χ1) is 9.17. The van der Waals surface area contributed by atoms with Gasteiger partial charge in [-0.3, -0.25) is 0 Å². The van der Waals surface area contributed by atoms with Crippen LogP contribution in [0, 0.1) is 5.82 Å². The Morgan fingerprint density at radius 3 is 2.68 bits per heavy atom. The molecule has 2 N–H and O–H groups in total. The van der Waals surface area contributed by atoms with E-state index in [4.69, 9.17) is 10.5 Å². The molecule has 0 saturated carbocycles. The maximum Gasteiger partial charge on any atom is 0.123 e. The smallest absolute Gasteiger partial charge is 0.123 e. The normalized spacial score (nSPS) is 14.3. The fraction of sp³-hybridized carbons (Fsp3) is 0.625. The second-order valence-corrected chi connectivity index (χ2v) is 5.08. The number of hydrogen-bond donors (Lipinski definition) is 1. The highest BCUT2D eigenvalue weighted by Crippen LogP contribution is 2.21. The molecular weight excluding hydrogens is 241 g/mol. The number of ether oxygens (including phenoxy) is 1. The highest BCUT2D eigenvalue weighted by Gasteiger charge is 2.14. The summed E-state index contributed by atoms with van der Waals surface area (Å²) in [5.41, 5.74) is 6.55. The highest BCUT2D eigenvalue weighted by atomic mass is 19.1. The minimum atomic E-state index is -0.241. The lowest BCUT2D eigenvalue weighted by Crippen LogP contribution is -2.21. The van der Waals surface area contributed by atoms with Crippen molar-refractivity contribution in [1.82, 2.24) is 0 Å². The first-order valence-electron chi connectivity index (χ1n) is 7.28. The predicted octanol–water partition coefficient (Wildman–Crippen LogP) is 4.20. The maximum atomic E-state index is 13.2. The highest BCUT2D eigenvalue weighted by molar-refractivity contribution is 5.19. The van der Waals surface area contributed by atoms with Crippen molar-refractivity contribution in [3.8, 4) is 0 Å². The van der Waals surface area contributed by atoms with Crippen LogP contribution in [-0.4, -0.2) is 12.6 Å². The van der Waals surface area contributed by atoms with E-state index in [-0.39, 0.29) is 18.0 Å². The minimum Gasteiger partial charge on any atom is -0.369 e. The quantitative estimate of drug-likeness (QED) is 0.680. The molecule has 0 heterocycles. The first kappa shape index (κ1) is 16.1. The Hall–Kier alpha value is -0.930. The standard InChI is InChI=1S/C16H26FNO/c1-3-4-5-6-8-13(2)19-16(12-18)14-9-7-10-15(17)11-14/h7,9-11,13,16H,3-6,8,12,18H2,1-2H3. The molecule has 3 heteroatoms. The Morgan fingerprint density at radius 2 is 2.05 bits per heavy atom. The average molecular weight is 267 g/mol. The molecule has 0 amide bonds. The second-order valence-electron chi connectivity index (χ2n) is 5.08. The van der Waals surface area contributed by atoms with Gasteiger partial charge in [0.2, 0.25) is 0 Å². The summed E-state index contributed by atoms with van der Waals surface area (Å²) in [6.45, 7) is 4.64. The summed E-state index contributed by atoms with van der Waals surface area (Å²) in [5, 5.41) is 0. The van der Waals surface area contributed by atoms with Crippen LogP contribution in [0.4, 0.5) is 4.39 Å². The third kappa shape index (κ3) is 6.17. The van der Waals surface area contributed by atoms with Crippen molar-refractivity contribution in [2.45, 2.75) is 58.2 Å². The van der Waals surface area contributed by atoms with Gasteiger partial charge in [-0.1, -0.05) is 44.7 Å². The van der Waals surface area contributed by atoms with E-state index in [1.165, 1.54) is 37.8 Å². The number of hydrogen-bond acceptors (Lipinski definition) is 2. The van der Waals surface area contributed by atoms with E-state index >= 15 is 0 Å². The van der Waals surface area contributed by atoms with E-state index < -0.39 is 0 Å². The van der Waals surface area contributed by atoms with Gasteiger partial charge in [0.15, 0.2) is 0 Å². The third-order valence-electron chi connectivity index (χ3n) is 3.30. The molecule has 2 nitrogen and oxygen atoms in total. The summed E-state index contributed by atoms with van der Waals surface area (Å²) in [5.74, 6) is -0.241. The molecule has 2 unspecified atom stereocenters. The molecule has 0 aliphatic heterocycles. The summed E-state index contributed by atoms with van der Waals surface area (Å²) >= 11 is 0. The number of halogens is 1. The van der Waals surface area contributed by atoms with Gasteiger partial charge in [-0.15, -0.1) is 0 Å². The molecule has 0 bridgehead atoms. The van der Waals surface area contributed by atoms with Crippen molar-refractivity contribution >= 4 is 0 Å². The van der Waals surface area contributed by atoms with Crippen molar-refractivity contribution in [1.29, 1.82) is 0 Å². The topological polar surface area (TPSA) is 35.2 Å². The molecule has 1 aromatic carbocycles. The molecule has 1 rings (SSSR count). The molecule has 2 atom stereocenters.